The topological polar surface area (TPSA) is 81.4 Å². The summed E-state index contributed by atoms with van der Waals surface area (Å²) in [4.78, 5) is 23.6. The summed E-state index contributed by atoms with van der Waals surface area (Å²) in [7, 11) is 1.66. The van der Waals surface area contributed by atoms with Crippen LogP contribution in [0.2, 0.25) is 0 Å². The third-order valence-electron chi connectivity index (χ3n) is 4.79. The quantitative estimate of drug-likeness (QED) is 0.717. The van der Waals surface area contributed by atoms with Crippen molar-refractivity contribution in [2.24, 2.45) is 5.92 Å². The lowest BCUT2D eigenvalue weighted by atomic mass is 9.97. The van der Waals surface area contributed by atoms with E-state index in [0.717, 1.165) is 10.9 Å². The highest BCUT2D eigenvalue weighted by Crippen LogP contribution is 2.32. The maximum absolute atomic E-state index is 13.0. The fourth-order valence-corrected chi connectivity index (χ4v) is 3.51. The summed E-state index contributed by atoms with van der Waals surface area (Å²) in [5.74, 6) is 1.16. The third-order valence-corrected chi connectivity index (χ3v) is 4.79. The van der Waals surface area contributed by atoms with Crippen molar-refractivity contribution < 1.29 is 14.1 Å². The van der Waals surface area contributed by atoms with E-state index in [0.29, 0.717) is 37.1 Å². The number of amides is 1. The SMILES string of the molecule is COCC1CN(C(=O)c2ccc3ccccc3n2)CC1c1nc(C)no1. The average Bonchev–Trinajstić information content (AvgIpc) is 3.27. The van der Waals surface area contributed by atoms with Crippen LogP contribution in [0, 0.1) is 12.8 Å². The second-order valence-electron chi connectivity index (χ2n) is 6.60. The molecule has 1 aromatic carbocycles. The van der Waals surface area contributed by atoms with Crippen molar-refractivity contribution in [1.29, 1.82) is 0 Å². The van der Waals surface area contributed by atoms with E-state index in [4.69, 9.17) is 9.26 Å². The lowest BCUT2D eigenvalue weighted by molar-refractivity contribution is 0.0770. The molecule has 0 aliphatic carbocycles. The van der Waals surface area contributed by atoms with E-state index in [2.05, 4.69) is 15.1 Å². The Morgan fingerprint density at radius 2 is 2.08 bits per heavy atom. The summed E-state index contributed by atoms with van der Waals surface area (Å²) in [5, 5.41) is 4.89. The van der Waals surface area contributed by atoms with Crippen molar-refractivity contribution >= 4 is 16.8 Å². The number of rotatable bonds is 4. The number of para-hydroxylation sites is 1. The number of hydrogen-bond acceptors (Lipinski definition) is 6. The molecule has 1 saturated heterocycles. The smallest absolute Gasteiger partial charge is 0.272 e. The average molecular weight is 352 g/mol. The molecule has 2 unspecified atom stereocenters. The van der Waals surface area contributed by atoms with Crippen molar-refractivity contribution in [1.82, 2.24) is 20.0 Å². The molecule has 1 aliphatic heterocycles. The van der Waals surface area contributed by atoms with Crippen LogP contribution in [-0.4, -0.2) is 52.7 Å². The van der Waals surface area contributed by atoms with Gasteiger partial charge in [-0.3, -0.25) is 4.79 Å². The fourth-order valence-electron chi connectivity index (χ4n) is 3.51. The molecule has 1 fully saturated rings. The molecule has 0 radical (unpaired) electrons. The number of likely N-dealkylation sites (tertiary alicyclic amines) is 1. The molecule has 7 nitrogen and oxygen atoms in total. The Kier molecular flexibility index (Phi) is 4.38. The lowest BCUT2D eigenvalue weighted by Crippen LogP contribution is -2.30. The predicted octanol–water partition coefficient (Wildman–Crippen LogP) is 2.43. The van der Waals surface area contributed by atoms with E-state index in [1.165, 1.54) is 0 Å². The standard InChI is InChI=1S/C19H20N4O3/c1-12-20-18(26-22-12)15-10-23(9-14(15)11-25-2)19(24)17-8-7-13-5-3-4-6-16(13)21-17/h3-8,14-15H,9-11H2,1-2H3. The van der Waals surface area contributed by atoms with Crippen LogP contribution in [0.3, 0.4) is 0 Å². The summed E-state index contributed by atoms with van der Waals surface area (Å²) in [5.41, 5.74) is 1.26. The lowest BCUT2D eigenvalue weighted by Gasteiger charge is -2.16. The van der Waals surface area contributed by atoms with Crippen LogP contribution in [-0.2, 0) is 4.74 Å². The number of pyridine rings is 1. The van der Waals surface area contributed by atoms with Gasteiger partial charge in [-0.15, -0.1) is 0 Å². The highest BCUT2D eigenvalue weighted by Gasteiger charge is 2.39. The summed E-state index contributed by atoms with van der Waals surface area (Å²) >= 11 is 0. The molecular weight excluding hydrogens is 332 g/mol. The van der Waals surface area contributed by atoms with Crippen molar-refractivity contribution in [3.63, 3.8) is 0 Å². The maximum atomic E-state index is 13.0. The van der Waals surface area contributed by atoms with Gasteiger partial charge in [-0.05, 0) is 19.1 Å². The van der Waals surface area contributed by atoms with Crippen LogP contribution in [0.1, 0.15) is 28.1 Å². The van der Waals surface area contributed by atoms with Gasteiger partial charge in [0.1, 0.15) is 5.69 Å². The number of hydrogen-bond donors (Lipinski definition) is 0. The Labute approximate surface area is 151 Å². The number of carbonyl (C=O) groups excluding carboxylic acids is 1. The minimum atomic E-state index is -0.0874. The molecular formula is C19H20N4O3. The van der Waals surface area contributed by atoms with Crippen LogP contribution in [0.5, 0.6) is 0 Å². The van der Waals surface area contributed by atoms with E-state index in [9.17, 15) is 4.79 Å². The van der Waals surface area contributed by atoms with E-state index in [1.807, 2.05) is 30.3 Å². The fraction of sp³-hybridized carbons (Fsp3) is 0.368. The number of nitrogens with zero attached hydrogens (tertiary/aromatic N) is 4. The van der Waals surface area contributed by atoms with Gasteiger partial charge in [0.2, 0.25) is 5.89 Å². The normalized spacial score (nSPS) is 20.0. The second kappa shape index (κ2) is 6.84. The van der Waals surface area contributed by atoms with Crippen LogP contribution in [0.25, 0.3) is 10.9 Å². The molecule has 0 bridgehead atoms. The summed E-state index contributed by atoms with van der Waals surface area (Å²) < 4.78 is 10.7. The van der Waals surface area contributed by atoms with Gasteiger partial charge in [0, 0.05) is 31.5 Å². The maximum Gasteiger partial charge on any atom is 0.272 e. The van der Waals surface area contributed by atoms with Gasteiger partial charge in [0.15, 0.2) is 5.82 Å². The molecule has 0 saturated carbocycles. The first-order valence-corrected chi connectivity index (χ1v) is 8.60. The number of carbonyl (C=O) groups is 1. The highest BCUT2D eigenvalue weighted by atomic mass is 16.5. The molecule has 2 aromatic heterocycles. The summed E-state index contributed by atoms with van der Waals surface area (Å²) in [6.07, 6.45) is 0. The van der Waals surface area contributed by atoms with Gasteiger partial charge >= 0.3 is 0 Å². The van der Waals surface area contributed by atoms with Crippen LogP contribution < -0.4 is 0 Å². The van der Waals surface area contributed by atoms with Gasteiger partial charge in [-0.1, -0.05) is 29.4 Å². The number of benzene rings is 1. The minimum absolute atomic E-state index is 0.0273. The summed E-state index contributed by atoms with van der Waals surface area (Å²) in [6.45, 7) is 3.41. The zero-order valence-electron chi connectivity index (χ0n) is 14.8. The van der Waals surface area contributed by atoms with Crippen molar-refractivity contribution in [2.45, 2.75) is 12.8 Å². The molecule has 134 valence electrons. The van der Waals surface area contributed by atoms with Gasteiger partial charge in [-0.25, -0.2) is 4.98 Å². The minimum Gasteiger partial charge on any atom is -0.384 e. The molecule has 7 heteroatoms. The largest absolute Gasteiger partial charge is 0.384 e. The second-order valence-corrected chi connectivity index (χ2v) is 6.60. The highest BCUT2D eigenvalue weighted by molar-refractivity contribution is 5.95. The molecule has 4 rings (SSSR count). The van der Waals surface area contributed by atoms with Gasteiger partial charge < -0.3 is 14.2 Å². The Morgan fingerprint density at radius 3 is 2.85 bits per heavy atom. The zero-order chi connectivity index (χ0) is 18.1. The third kappa shape index (κ3) is 3.06. The number of fused-ring (bicyclic) bond motifs is 1. The van der Waals surface area contributed by atoms with Gasteiger partial charge in [0.25, 0.3) is 5.91 Å². The molecule has 3 aromatic rings. The Hall–Kier alpha value is -2.80. The monoisotopic (exact) mass is 352 g/mol. The van der Waals surface area contributed by atoms with Crippen LogP contribution in [0.4, 0.5) is 0 Å². The molecule has 1 amide bonds. The molecule has 0 N–H and O–H groups in total. The predicted molar refractivity (Wildman–Crippen MR) is 94.8 cm³/mol. The van der Waals surface area contributed by atoms with Gasteiger partial charge in [0.05, 0.1) is 18.0 Å². The molecule has 0 spiro atoms. The van der Waals surface area contributed by atoms with E-state index in [1.54, 1.807) is 25.0 Å². The molecule has 2 atom stereocenters. The Morgan fingerprint density at radius 1 is 1.23 bits per heavy atom. The van der Waals surface area contributed by atoms with Crippen LogP contribution in [0.15, 0.2) is 40.9 Å². The number of ether oxygens (including phenoxy) is 1. The molecule has 1 aliphatic rings. The Balaban J connectivity index is 1.59. The van der Waals surface area contributed by atoms with Crippen molar-refractivity contribution in [3.8, 4) is 0 Å². The van der Waals surface area contributed by atoms with Crippen molar-refractivity contribution in [2.75, 3.05) is 26.8 Å². The zero-order valence-corrected chi connectivity index (χ0v) is 14.8. The first-order valence-electron chi connectivity index (χ1n) is 8.60. The Bertz CT molecular complexity index is 939. The number of aromatic nitrogens is 3. The molecule has 3 heterocycles. The van der Waals surface area contributed by atoms with Crippen LogP contribution >= 0.6 is 0 Å². The van der Waals surface area contributed by atoms with E-state index < -0.39 is 0 Å². The number of methoxy groups -OCH3 is 1. The van der Waals surface area contributed by atoms with Crippen molar-refractivity contribution in [3.05, 3.63) is 53.8 Å². The summed E-state index contributed by atoms with van der Waals surface area (Å²) in [6, 6.07) is 11.5. The number of aryl methyl sites for hydroxylation is 1. The molecule has 26 heavy (non-hydrogen) atoms. The first-order chi connectivity index (χ1) is 12.7. The van der Waals surface area contributed by atoms with Gasteiger partial charge in [-0.2, -0.15) is 4.98 Å². The van der Waals surface area contributed by atoms with E-state index >= 15 is 0 Å². The van der Waals surface area contributed by atoms with E-state index in [-0.39, 0.29) is 17.7 Å². The first kappa shape index (κ1) is 16.7.